The first kappa shape index (κ1) is 12.8. The van der Waals surface area contributed by atoms with Crippen molar-refractivity contribution in [2.24, 2.45) is 0 Å². The van der Waals surface area contributed by atoms with E-state index in [0.29, 0.717) is 12.2 Å². The Morgan fingerprint density at radius 2 is 2.33 bits per heavy atom. The molecule has 0 aliphatic carbocycles. The van der Waals surface area contributed by atoms with Crippen LogP contribution in [0, 0.1) is 5.82 Å². The second-order valence-corrected chi connectivity index (χ2v) is 4.39. The Balaban J connectivity index is 2.32. The first-order valence-corrected chi connectivity index (χ1v) is 5.93. The van der Waals surface area contributed by atoms with Crippen LogP contribution in [0.25, 0.3) is 0 Å². The van der Waals surface area contributed by atoms with Gasteiger partial charge in [0.05, 0.1) is 11.8 Å². The molecule has 1 aromatic rings. The van der Waals surface area contributed by atoms with Crippen LogP contribution < -0.4 is 4.90 Å². The average molecular weight is 253 g/mol. The van der Waals surface area contributed by atoms with E-state index in [2.05, 4.69) is 0 Å². The van der Waals surface area contributed by atoms with E-state index in [1.54, 1.807) is 13.2 Å². The normalized spacial score (nSPS) is 19.9. The number of carboxylic acid groups (broad SMARTS) is 1. The van der Waals surface area contributed by atoms with Gasteiger partial charge in [0.25, 0.3) is 0 Å². The van der Waals surface area contributed by atoms with Crippen LogP contribution in [0.2, 0.25) is 0 Å². The maximum absolute atomic E-state index is 13.6. The third-order valence-electron chi connectivity index (χ3n) is 3.26. The van der Waals surface area contributed by atoms with Crippen molar-refractivity contribution in [2.45, 2.75) is 18.9 Å². The molecule has 1 N–H and O–H groups in total. The minimum absolute atomic E-state index is 0.0728. The summed E-state index contributed by atoms with van der Waals surface area (Å²) in [6.45, 7) is 1.32. The van der Waals surface area contributed by atoms with Crippen molar-refractivity contribution in [3.05, 3.63) is 29.6 Å². The monoisotopic (exact) mass is 253 g/mol. The van der Waals surface area contributed by atoms with Gasteiger partial charge in [-0.1, -0.05) is 6.07 Å². The fourth-order valence-corrected chi connectivity index (χ4v) is 2.34. The van der Waals surface area contributed by atoms with Crippen molar-refractivity contribution in [1.29, 1.82) is 0 Å². The average Bonchev–Trinajstić information content (AvgIpc) is 2.38. The van der Waals surface area contributed by atoms with Crippen molar-refractivity contribution in [3.8, 4) is 0 Å². The third kappa shape index (κ3) is 2.46. The Morgan fingerprint density at radius 1 is 1.56 bits per heavy atom. The van der Waals surface area contributed by atoms with E-state index in [1.165, 1.54) is 12.1 Å². The van der Waals surface area contributed by atoms with Gasteiger partial charge in [-0.3, -0.25) is 0 Å². The highest BCUT2D eigenvalue weighted by molar-refractivity contribution is 5.94. The second kappa shape index (κ2) is 5.35. The number of methoxy groups -OCH3 is 1. The minimum Gasteiger partial charge on any atom is -0.478 e. The van der Waals surface area contributed by atoms with Crippen molar-refractivity contribution in [2.75, 3.05) is 25.1 Å². The molecule has 1 saturated heterocycles. The number of ether oxygens (including phenoxy) is 1. The largest absolute Gasteiger partial charge is 0.478 e. The first-order valence-electron chi connectivity index (χ1n) is 5.93. The Kier molecular flexibility index (Phi) is 3.81. The molecule has 4 nitrogen and oxygen atoms in total. The van der Waals surface area contributed by atoms with Crippen LogP contribution in [0.4, 0.5) is 10.1 Å². The van der Waals surface area contributed by atoms with Crippen LogP contribution in [0.15, 0.2) is 18.2 Å². The van der Waals surface area contributed by atoms with Crippen molar-refractivity contribution < 1.29 is 19.0 Å². The highest BCUT2D eigenvalue weighted by atomic mass is 19.1. The topological polar surface area (TPSA) is 49.8 Å². The van der Waals surface area contributed by atoms with E-state index in [0.717, 1.165) is 19.4 Å². The van der Waals surface area contributed by atoms with Gasteiger partial charge in [0.1, 0.15) is 11.4 Å². The van der Waals surface area contributed by atoms with Crippen LogP contribution in [-0.4, -0.2) is 37.4 Å². The standard InChI is InChI=1S/C13H16FNO3/c1-18-9-4-3-7-15(8-9)11-6-2-5-10(14)12(11)13(16)17/h2,5-6,9H,3-4,7-8H2,1H3,(H,16,17). The lowest BCUT2D eigenvalue weighted by Crippen LogP contribution is -2.40. The van der Waals surface area contributed by atoms with E-state index in [-0.39, 0.29) is 11.7 Å². The molecule has 1 atom stereocenters. The van der Waals surface area contributed by atoms with Gasteiger partial charge in [0.15, 0.2) is 0 Å². The molecule has 2 rings (SSSR count). The zero-order chi connectivity index (χ0) is 13.1. The fraction of sp³-hybridized carbons (Fsp3) is 0.462. The number of anilines is 1. The molecular weight excluding hydrogens is 237 g/mol. The molecule has 1 aromatic carbocycles. The minimum atomic E-state index is -1.23. The molecule has 18 heavy (non-hydrogen) atoms. The Labute approximate surface area is 105 Å². The zero-order valence-electron chi connectivity index (χ0n) is 10.2. The molecule has 1 unspecified atom stereocenters. The summed E-state index contributed by atoms with van der Waals surface area (Å²) in [6.07, 6.45) is 1.93. The number of hydrogen-bond acceptors (Lipinski definition) is 3. The van der Waals surface area contributed by atoms with Crippen molar-refractivity contribution in [3.63, 3.8) is 0 Å². The summed E-state index contributed by atoms with van der Waals surface area (Å²) in [5.74, 6) is -1.93. The Bertz CT molecular complexity index is 450. The zero-order valence-corrected chi connectivity index (χ0v) is 10.2. The Hall–Kier alpha value is -1.62. The second-order valence-electron chi connectivity index (χ2n) is 4.39. The summed E-state index contributed by atoms with van der Waals surface area (Å²) < 4.78 is 18.9. The molecule has 0 radical (unpaired) electrons. The maximum atomic E-state index is 13.6. The number of hydrogen-bond donors (Lipinski definition) is 1. The molecule has 0 bridgehead atoms. The van der Waals surface area contributed by atoms with E-state index in [4.69, 9.17) is 9.84 Å². The lowest BCUT2D eigenvalue weighted by molar-refractivity contribution is 0.0690. The van der Waals surface area contributed by atoms with Crippen LogP contribution in [0.5, 0.6) is 0 Å². The van der Waals surface area contributed by atoms with E-state index < -0.39 is 11.8 Å². The summed E-state index contributed by atoms with van der Waals surface area (Å²) in [6, 6.07) is 4.35. The molecule has 0 saturated carbocycles. The molecule has 98 valence electrons. The maximum Gasteiger partial charge on any atom is 0.340 e. The lowest BCUT2D eigenvalue weighted by Gasteiger charge is -2.34. The molecule has 1 aliphatic heterocycles. The predicted molar refractivity (Wildman–Crippen MR) is 65.6 cm³/mol. The lowest BCUT2D eigenvalue weighted by atomic mass is 10.0. The number of carboxylic acids is 1. The molecule has 1 heterocycles. The first-order chi connectivity index (χ1) is 8.63. The van der Waals surface area contributed by atoms with E-state index >= 15 is 0 Å². The summed E-state index contributed by atoms with van der Waals surface area (Å²) >= 11 is 0. The Morgan fingerprint density at radius 3 is 3.00 bits per heavy atom. The number of rotatable bonds is 3. The summed E-state index contributed by atoms with van der Waals surface area (Å²) in [7, 11) is 1.64. The number of halogens is 1. The predicted octanol–water partition coefficient (Wildman–Crippen LogP) is 2.14. The molecule has 0 amide bonds. The molecule has 0 aromatic heterocycles. The van der Waals surface area contributed by atoms with Gasteiger partial charge in [0, 0.05) is 20.2 Å². The molecule has 0 spiro atoms. The number of piperidine rings is 1. The van der Waals surface area contributed by atoms with Gasteiger partial charge >= 0.3 is 5.97 Å². The summed E-state index contributed by atoms with van der Waals surface area (Å²) in [5, 5.41) is 9.10. The smallest absolute Gasteiger partial charge is 0.340 e. The number of nitrogens with zero attached hydrogens (tertiary/aromatic N) is 1. The SMILES string of the molecule is COC1CCCN(c2cccc(F)c2C(=O)O)C1. The van der Waals surface area contributed by atoms with Crippen molar-refractivity contribution >= 4 is 11.7 Å². The van der Waals surface area contributed by atoms with Crippen molar-refractivity contribution in [1.82, 2.24) is 0 Å². The molecule has 5 heteroatoms. The highest BCUT2D eigenvalue weighted by Crippen LogP contribution is 2.26. The highest BCUT2D eigenvalue weighted by Gasteiger charge is 2.25. The molecule has 1 fully saturated rings. The van der Waals surface area contributed by atoms with Gasteiger partial charge < -0.3 is 14.7 Å². The van der Waals surface area contributed by atoms with Crippen LogP contribution in [0.1, 0.15) is 23.2 Å². The van der Waals surface area contributed by atoms with Crippen LogP contribution in [-0.2, 0) is 4.74 Å². The van der Waals surface area contributed by atoms with Gasteiger partial charge in [-0.15, -0.1) is 0 Å². The molecule has 1 aliphatic rings. The van der Waals surface area contributed by atoms with Gasteiger partial charge in [-0.25, -0.2) is 9.18 Å². The van der Waals surface area contributed by atoms with Gasteiger partial charge in [-0.05, 0) is 25.0 Å². The van der Waals surface area contributed by atoms with E-state index in [1.807, 2.05) is 4.90 Å². The number of benzene rings is 1. The van der Waals surface area contributed by atoms with Gasteiger partial charge in [-0.2, -0.15) is 0 Å². The number of carbonyl (C=O) groups is 1. The van der Waals surface area contributed by atoms with Crippen LogP contribution >= 0.6 is 0 Å². The number of aromatic carboxylic acids is 1. The summed E-state index contributed by atoms with van der Waals surface area (Å²) in [5.41, 5.74) is 0.179. The fourth-order valence-electron chi connectivity index (χ4n) is 2.34. The van der Waals surface area contributed by atoms with Crippen LogP contribution in [0.3, 0.4) is 0 Å². The molecular formula is C13H16FNO3. The van der Waals surface area contributed by atoms with E-state index in [9.17, 15) is 9.18 Å². The quantitative estimate of drug-likeness (QED) is 0.896. The summed E-state index contributed by atoms with van der Waals surface area (Å²) in [4.78, 5) is 13.0. The van der Waals surface area contributed by atoms with Gasteiger partial charge in [0.2, 0.25) is 0 Å². The third-order valence-corrected chi connectivity index (χ3v) is 3.26.